The highest BCUT2D eigenvalue weighted by atomic mass is 16.5. The van der Waals surface area contributed by atoms with Crippen molar-refractivity contribution in [2.24, 2.45) is 23.5 Å². The number of carbonyl (C=O) groups excluding carboxylic acids is 1. The number of methoxy groups -OCH3 is 1. The van der Waals surface area contributed by atoms with Crippen LogP contribution in [0.15, 0.2) is 0 Å². The van der Waals surface area contributed by atoms with Crippen LogP contribution >= 0.6 is 0 Å². The van der Waals surface area contributed by atoms with E-state index in [1.807, 2.05) is 0 Å². The monoisotopic (exact) mass is 256 g/mol. The first-order chi connectivity index (χ1) is 8.54. The van der Waals surface area contributed by atoms with Crippen LogP contribution in [0, 0.1) is 17.8 Å². The van der Waals surface area contributed by atoms with E-state index in [-0.39, 0.29) is 24.5 Å². The number of hydrogen-bond acceptors (Lipinski definition) is 4. The lowest BCUT2D eigenvalue weighted by molar-refractivity contribution is -0.144. The highest BCUT2D eigenvalue weighted by Gasteiger charge is 2.49. The van der Waals surface area contributed by atoms with Crippen molar-refractivity contribution < 1.29 is 19.4 Å². The van der Waals surface area contributed by atoms with Gasteiger partial charge in [-0.3, -0.25) is 4.79 Å². The summed E-state index contributed by atoms with van der Waals surface area (Å²) in [6.07, 6.45) is 3.12. The largest absolute Gasteiger partial charge is 0.480 e. The lowest BCUT2D eigenvalue weighted by Crippen LogP contribution is -2.51. The molecule has 102 valence electrons. The molecule has 2 fully saturated rings. The first-order valence-electron chi connectivity index (χ1n) is 6.32. The standard InChI is InChI=1S/C12H20N2O4/c1-18-5-8(12(16)17)14-11(15)9-6-2-3-7(4-6)10(9)13/h6-10H,2-5,13H2,1H3,(H,14,15)(H,16,17). The quantitative estimate of drug-likeness (QED) is 0.620. The van der Waals surface area contributed by atoms with E-state index in [1.165, 1.54) is 7.11 Å². The van der Waals surface area contributed by atoms with Gasteiger partial charge in [0.15, 0.2) is 6.04 Å². The first kappa shape index (κ1) is 13.3. The summed E-state index contributed by atoms with van der Waals surface area (Å²) in [4.78, 5) is 23.1. The molecule has 0 radical (unpaired) electrons. The molecule has 0 aromatic heterocycles. The third kappa shape index (κ3) is 2.35. The maximum Gasteiger partial charge on any atom is 0.328 e. The Bertz CT molecular complexity index is 345. The minimum Gasteiger partial charge on any atom is -0.480 e. The fourth-order valence-electron chi connectivity index (χ4n) is 3.33. The minimum absolute atomic E-state index is 0.0306. The first-order valence-corrected chi connectivity index (χ1v) is 6.32. The molecule has 0 saturated heterocycles. The zero-order chi connectivity index (χ0) is 13.3. The fraction of sp³-hybridized carbons (Fsp3) is 0.833. The van der Waals surface area contributed by atoms with Crippen LogP contribution in [-0.4, -0.2) is 42.8 Å². The van der Waals surface area contributed by atoms with Crippen LogP contribution in [0.25, 0.3) is 0 Å². The van der Waals surface area contributed by atoms with Crippen molar-refractivity contribution in [1.82, 2.24) is 5.32 Å². The van der Waals surface area contributed by atoms with Crippen molar-refractivity contribution in [3.8, 4) is 0 Å². The van der Waals surface area contributed by atoms with Crippen LogP contribution in [0.4, 0.5) is 0 Å². The maximum absolute atomic E-state index is 12.1. The molecule has 5 atom stereocenters. The Balaban J connectivity index is 1.97. The molecular formula is C12H20N2O4. The molecule has 0 aromatic rings. The fourth-order valence-corrected chi connectivity index (χ4v) is 3.33. The number of hydrogen-bond donors (Lipinski definition) is 3. The number of carboxylic acid groups (broad SMARTS) is 1. The average Bonchev–Trinajstić information content (AvgIpc) is 2.88. The predicted octanol–water partition coefficient (Wildman–Crippen LogP) is -0.424. The summed E-state index contributed by atoms with van der Waals surface area (Å²) in [5.74, 6) is -0.804. The third-order valence-electron chi connectivity index (χ3n) is 4.23. The number of carbonyl (C=O) groups is 2. The highest BCUT2D eigenvalue weighted by molar-refractivity contribution is 5.86. The van der Waals surface area contributed by atoms with E-state index in [0.717, 1.165) is 19.3 Å². The van der Waals surface area contributed by atoms with E-state index in [9.17, 15) is 9.59 Å². The summed E-state index contributed by atoms with van der Waals surface area (Å²) in [5, 5.41) is 11.5. The van der Waals surface area contributed by atoms with Crippen molar-refractivity contribution in [2.45, 2.75) is 31.3 Å². The molecule has 18 heavy (non-hydrogen) atoms. The predicted molar refractivity (Wildman–Crippen MR) is 63.7 cm³/mol. The smallest absolute Gasteiger partial charge is 0.328 e. The molecule has 0 aromatic carbocycles. The maximum atomic E-state index is 12.1. The van der Waals surface area contributed by atoms with Gasteiger partial charge in [-0.05, 0) is 31.1 Å². The molecule has 2 rings (SSSR count). The summed E-state index contributed by atoms with van der Waals surface area (Å²) < 4.78 is 4.79. The molecule has 2 aliphatic carbocycles. The Kier molecular flexibility index (Phi) is 3.87. The van der Waals surface area contributed by atoms with Gasteiger partial charge in [0, 0.05) is 13.2 Å². The Hall–Kier alpha value is -1.14. The van der Waals surface area contributed by atoms with Gasteiger partial charge in [0.25, 0.3) is 0 Å². The summed E-state index contributed by atoms with van der Waals surface area (Å²) >= 11 is 0. The third-order valence-corrected chi connectivity index (χ3v) is 4.23. The second-order valence-electron chi connectivity index (χ2n) is 5.29. The van der Waals surface area contributed by atoms with E-state index in [2.05, 4.69) is 5.32 Å². The SMILES string of the molecule is COCC(NC(=O)C1C2CCC(C2)C1N)C(=O)O. The van der Waals surface area contributed by atoms with Gasteiger partial charge in [0.05, 0.1) is 12.5 Å². The molecular weight excluding hydrogens is 236 g/mol. The Morgan fingerprint density at radius 1 is 1.44 bits per heavy atom. The van der Waals surface area contributed by atoms with E-state index in [4.69, 9.17) is 15.6 Å². The van der Waals surface area contributed by atoms with Gasteiger partial charge in [-0.2, -0.15) is 0 Å². The van der Waals surface area contributed by atoms with E-state index < -0.39 is 12.0 Å². The molecule has 1 amide bonds. The van der Waals surface area contributed by atoms with Gasteiger partial charge < -0.3 is 20.9 Å². The Labute approximate surface area is 106 Å². The van der Waals surface area contributed by atoms with Gasteiger partial charge in [0.2, 0.25) is 5.91 Å². The number of nitrogens with two attached hydrogens (primary N) is 1. The molecule has 0 aliphatic heterocycles. The number of ether oxygens (including phenoxy) is 1. The Morgan fingerprint density at radius 3 is 2.61 bits per heavy atom. The second-order valence-corrected chi connectivity index (χ2v) is 5.29. The Morgan fingerprint density at radius 2 is 2.11 bits per heavy atom. The van der Waals surface area contributed by atoms with Gasteiger partial charge in [-0.25, -0.2) is 4.79 Å². The van der Waals surface area contributed by atoms with Crippen LogP contribution < -0.4 is 11.1 Å². The average molecular weight is 256 g/mol. The van der Waals surface area contributed by atoms with Crippen LogP contribution in [0.2, 0.25) is 0 Å². The van der Waals surface area contributed by atoms with Crippen LogP contribution in [-0.2, 0) is 14.3 Å². The topological polar surface area (TPSA) is 102 Å². The molecule has 6 heteroatoms. The number of fused-ring (bicyclic) bond motifs is 2. The van der Waals surface area contributed by atoms with Gasteiger partial charge >= 0.3 is 5.97 Å². The second kappa shape index (κ2) is 5.24. The zero-order valence-electron chi connectivity index (χ0n) is 10.5. The van der Waals surface area contributed by atoms with Crippen molar-refractivity contribution >= 4 is 11.9 Å². The normalized spacial score (nSPS) is 35.4. The molecule has 2 bridgehead atoms. The summed E-state index contributed by atoms with van der Waals surface area (Å²) in [5.41, 5.74) is 6.05. The lowest BCUT2D eigenvalue weighted by atomic mass is 9.84. The zero-order valence-corrected chi connectivity index (χ0v) is 10.5. The molecule has 0 spiro atoms. The number of amides is 1. The molecule has 2 aliphatic rings. The van der Waals surface area contributed by atoms with Crippen molar-refractivity contribution in [3.05, 3.63) is 0 Å². The van der Waals surface area contributed by atoms with E-state index >= 15 is 0 Å². The minimum atomic E-state index is -1.08. The van der Waals surface area contributed by atoms with Crippen LogP contribution in [0.5, 0.6) is 0 Å². The molecule has 2 saturated carbocycles. The van der Waals surface area contributed by atoms with E-state index in [0.29, 0.717) is 11.8 Å². The number of aliphatic carboxylic acids is 1. The molecule has 5 unspecified atom stereocenters. The van der Waals surface area contributed by atoms with Gasteiger partial charge in [-0.1, -0.05) is 0 Å². The number of nitrogens with one attached hydrogen (secondary N) is 1. The van der Waals surface area contributed by atoms with Crippen LogP contribution in [0.1, 0.15) is 19.3 Å². The lowest BCUT2D eigenvalue weighted by Gasteiger charge is -2.28. The molecule has 4 N–H and O–H groups in total. The molecule has 6 nitrogen and oxygen atoms in total. The van der Waals surface area contributed by atoms with Crippen molar-refractivity contribution in [2.75, 3.05) is 13.7 Å². The van der Waals surface area contributed by atoms with Crippen molar-refractivity contribution in [1.29, 1.82) is 0 Å². The molecule has 0 heterocycles. The van der Waals surface area contributed by atoms with Gasteiger partial charge in [-0.15, -0.1) is 0 Å². The van der Waals surface area contributed by atoms with Crippen LogP contribution in [0.3, 0.4) is 0 Å². The van der Waals surface area contributed by atoms with Gasteiger partial charge in [0.1, 0.15) is 0 Å². The number of carboxylic acids is 1. The summed E-state index contributed by atoms with van der Waals surface area (Å²) in [7, 11) is 1.41. The van der Waals surface area contributed by atoms with Crippen molar-refractivity contribution in [3.63, 3.8) is 0 Å². The van der Waals surface area contributed by atoms with E-state index in [1.54, 1.807) is 0 Å². The highest BCUT2D eigenvalue weighted by Crippen LogP contribution is 2.47. The summed E-state index contributed by atoms with van der Waals surface area (Å²) in [6, 6.07) is -1.12. The number of rotatable bonds is 5. The summed E-state index contributed by atoms with van der Waals surface area (Å²) in [6.45, 7) is -0.0306.